The summed E-state index contributed by atoms with van der Waals surface area (Å²) >= 11 is 6.00. The molecule has 0 saturated carbocycles. The van der Waals surface area contributed by atoms with Gasteiger partial charge in [0, 0.05) is 29.7 Å². The highest BCUT2D eigenvalue weighted by Crippen LogP contribution is 2.20. The molecule has 0 unspecified atom stereocenters. The molecule has 0 aliphatic heterocycles. The fourth-order valence-electron chi connectivity index (χ4n) is 2.53. The molecular formula is C17H21ClN2O3. The zero-order valence-corrected chi connectivity index (χ0v) is 14.0. The third-order valence-electron chi connectivity index (χ3n) is 3.66. The van der Waals surface area contributed by atoms with Crippen LogP contribution in [0.5, 0.6) is 0 Å². The van der Waals surface area contributed by atoms with E-state index in [9.17, 15) is 9.59 Å². The summed E-state index contributed by atoms with van der Waals surface area (Å²) in [5.41, 5.74) is 0.960. The summed E-state index contributed by atoms with van der Waals surface area (Å²) in [6.07, 6.45) is 2.54. The summed E-state index contributed by atoms with van der Waals surface area (Å²) in [5, 5.41) is 13.4. The summed E-state index contributed by atoms with van der Waals surface area (Å²) in [4.78, 5) is 23.2. The first-order valence-corrected chi connectivity index (χ1v) is 8.01. The van der Waals surface area contributed by atoms with E-state index in [1.165, 1.54) is 0 Å². The Morgan fingerprint density at radius 1 is 1.30 bits per heavy atom. The summed E-state index contributed by atoms with van der Waals surface area (Å²) < 4.78 is 1.94. The molecule has 1 aromatic heterocycles. The highest BCUT2D eigenvalue weighted by atomic mass is 35.5. The van der Waals surface area contributed by atoms with Crippen LogP contribution in [0.3, 0.4) is 0 Å². The number of rotatable bonds is 7. The third kappa shape index (κ3) is 4.73. The molecule has 1 heterocycles. The average molecular weight is 337 g/mol. The van der Waals surface area contributed by atoms with E-state index >= 15 is 0 Å². The van der Waals surface area contributed by atoms with Gasteiger partial charge in [0.25, 0.3) is 0 Å². The maximum atomic E-state index is 12.0. The first kappa shape index (κ1) is 17.3. The van der Waals surface area contributed by atoms with E-state index < -0.39 is 12.0 Å². The largest absolute Gasteiger partial charge is 0.480 e. The van der Waals surface area contributed by atoms with Crippen LogP contribution in [-0.4, -0.2) is 27.6 Å². The van der Waals surface area contributed by atoms with E-state index in [0.717, 1.165) is 10.9 Å². The van der Waals surface area contributed by atoms with Crippen LogP contribution in [0.4, 0.5) is 0 Å². The SMILES string of the molecule is CC(C)C[C@H](NC(=O)CCn1ccc2ccc(Cl)cc21)C(=O)O. The lowest BCUT2D eigenvalue weighted by Crippen LogP contribution is -2.41. The van der Waals surface area contributed by atoms with E-state index in [-0.39, 0.29) is 18.2 Å². The summed E-state index contributed by atoms with van der Waals surface area (Å²) in [6.45, 7) is 4.33. The number of nitrogens with one attached hydrogen (secondary N) is 1. The quantitative estimate of drug-likeness (QED) is 0.815. The molecule has 0 saturated heterocycles. The molecule has 0 aliphatic carbocycles. The second kappa shape index (κ2) is 7.51. The maximum Gasteiger partial charge on any atom is 0.326 e. The van der Waals surface area contributed by atoms with E-state index in [2.05, 4.69) is 5.32 Å². The molecule has 0 spiro atoms. The van der Waals surface area contributed by atoms with Crippen LogP contribution < -0.4 is 5.32 Å². The number of aliphatic carboxylic acids is 1. The van der Waals surface area contributed by atoms with Gasteiger partial charge in [-0.05, 0) is 35.9 Å². The predicted octanol–water partition coefficient (Wildman–Crippen LogP) is 3.30. The van der Waals surface area contributed by atoms with Crippen LogP contribution in [-0.2, 0) is 16.1 Å². The smallest absolute Gasteiger partial charge is 0.326 e. The number of benzene rings is 1. The summed E-state index contributed by atoms with van der Waals surface area (Å²) in [6, 6.07) is 6.73. The lowest BCUT2D eigenvalue weighted by atomic mass is 10.0. The van der Waals surface area contributed by atoms with Crippen LogP contribution >= 0.6 is 11.6 Å². The average Bonchev–Trinajstić information content (AvgIpc) is 2.86. The number of halogens is 1. The number of carbonyl (C=O) groups is 2. The minimum absolute atomic E-state index is 0.201. The van der Waals surface area contributed by atoms with Gasteiger partial charge in [-0.15, -0.1) is 0 Å². The third-order valence-corrected chi connectivity index (χ3v) is 3.89. The zero-order chi connectivity index (χ0) is 17.0. The summed E-state index contributed by atoms with van der Waals surface area (Å²) in [7, 11) is 0. The van der Waals surface area contributed by atoms with Crippen molar-refractivity contribution in [3.63, 3.8) is 0 Å². The minimum atomic E-state index is -0.995. The van der Waals surface area contributed by atoms with Gasteiger partial charge in [0.1, 0.15) is 6.04 Å². The van der Waals surface area contributed by atoms with Gasteiger partial charge in [-0.1, -0.05) is 31.5 Å². The molecule has 2 rings (SSSR count). The number of carboxylic acid groups (broad SMARTS) is 1. The Balaban J connectivity index is 1.97. The van der Waals surface area contributed by atoms with Crippen LogP contribution in [0, 0.1) is 5.92 Å². The zero-order valence-electron chi connectivity index (χ0n) is 13.3. The van der Waals surface area contributed by atoms with E-state index in [1.807, 2.05) is 48.9 Å². The number of hydrogen-bond acceptors (Lipinski definition) is 2. The highest BCUT2D eigenvalue weighted by Gasteiger charge is 2.20. The molecule has 1 aromatic carbocycles. The standard InChI is InChI=1S/C17H21ClN2O3/c1-11(2)9-14(17(22)23)19-16(21)6-8-20-7-5-12-3-4-13(18)10-15(12)20/h3-5,7,10-11,14H,6,8-9H2,1-2H3,(H,19,21)(H,22,23)/t14-/m0/s1. The fraction of sp³-hybridized carbons (Fsp3) is 0.412. The number of hydrogen-bond donors (Lipinski definition) is 2. The Morgan fingerprint density at radius 2 is 2.04 bits per heavy atom. The Hall–Kier alpha value is -2.01. The van der Waals surface area contributed by atoms with Crippen molar-refractivity contribution in [2.45, 2.75) is 39.3 Å². The molecule has 2 aromatic rings. The number of carboxylic acids is 1. The first-order valence-electron chi connectivity index (χ1n) is 7.63. The number of amides is 1. The number of aromatic nitrogens is 1. The van der Waals surface area contributed by atoms with Gasteiger partial charge in [-0.25, -0.2) is 4.79 Å². The summed E-state index contributed by atoms with van der Waals surface area (Å²) in [5.74, 6) is -1.06. The van der Waals surface area contributed by atoms with Gasteiger partial charge in [0.15, 0.2) is 0 Å². The molecule has 5 nitrogen and oxygen atoms in total. The second-order valence-electron chi connectivity index (χ2n) is 6.05. The normalized spacial score (nSPS) is 12.5. The van der Waals surface area contributed by atoms with Crippen molar-refractivity contribution in [2.75, 3.05) is 0 Å². The Morgan fingerprint density at radius 3 is 2.70 bits per heavy atom. The van der Waals surface area contributed by atoms with E-state index in [0.29, 0.717) is 18.0 Å². The van der Waals surface area contributed by atoms with Crippen molar-refractivity contribution in [1.29, 1.82) is 0 Å². The molecule has 0 radical (unpaired) electrons. The Labute approximate surface area is 140 Å². The second-order valence-corrected chi connectivity index (χ2v) is 6.49. The van der Waals surface area contributed by atoms with E-state index in [1.54, 1.807) is 0 Å². The molecule has 6 heteroatoms. The lowest BCUT2D eigenvalue weighted by Gasteiger charge is -2.16. The fourth-order valence-corrected chi connectivity index (χ4v) is 2.70. The number of carbonyl (C=O) groups excluding carboxylic acids is 1. The number of nitrogens with zero attached hydrogens (tertiary/aromatic N) is 1. The maximum absolute atomic E-state index is 12.0. The highest BCUT2D eigenvalue weighted by molar-refractivity contribution is 6.31. The topological polar surface area (TPSA) is 71.3 Å². The van der Waals surface area contributed by atoms with Gasteiger partial charge in [0.2, 0.25) is 5.91 Å². The molecule has 124 valence electrons. The predicted molar refractivity (Wildman–Crippen MR) is 90.6 cm³/mol. The van der Waals surface area contributed by atoms with Crippen molar-refractivity contribution in [3.05, 3.63) is 35.5 Å². The molecule has 1 amide bonds. The van der Waals surface area contributed by atoms with Crippen molar-refractivity contribution >= 4 is 34.4 Å². The van der Waals surface area contributed by atoms with Gasteiger partial charge in [-0.2, -0.15) is 0 Å². The van der Waals surface area contributed by atoms with Crippen LogP contribution in [0.2, 0.25) is 5.02 Å². The first-order chi connectivity index (χ1) is 10.9. The van der Waals surface area contributed by atoms with Crippen molar-refractivity contribution in [3.8, 4) is 0 Å². The van der Waals surface area contributed by atoms with Crippen molar-refractivity contribution in [2.24, 2.45) is 5.92 Å². The molecular weight excluding hydrogens is 316 g/mol. The van der Waals surface area contributed by atoms with Crippen LogP contribution in [0.15, 0.2) is 30.5 Å². The molecule has 2 N–H and O–H groups in total. The van der Waals surface area contributed by atoms with Gasteiger partial charge >= 0.3 is 5.97 Å². The minimum Gasteiger partial charge on any atom is -0.480 e. The van der Waals surface area contributed by atoms with Gasteiger partial charge in [0.05, 0.1) is 0 Å². The molecule has 0 bridgehead atoms. The molecule has 23 heavy (non-hydrogen) atoms. The molecule has 1 atom stereocenters. The Kier molecular flexibility index (Phi) is 5.66. The lowest BCUT2D eigenvalue weighted by molar-refractivity contribution is -0.142. The molecule has 0 aliphatic rings. The van der Waals surface area contributed by atoms with Crippen LogP contribution in [0.25, 0.3) is 10.9 Å². The molecule has 0 fully saturated rings. The number of fused-ring (bicyclic) bond motifs is 1. The van der Waals surface area contributed by atoms with Crippen LogP contribution in [0.1, 0.15) is 26.7 Å². The van der Waals surface area contributed by atoms with Gasteiger partial charge < -0.3 is 15.0 Å². The van der Waals surface area contributed by atoms with Crippen molar-refractivity contribution in [1.82, 2.24) is 9.88 Å². The number of aryl methyl sites for hydroxylation is 1. The monoisotopic (exact) mass is 336 g/mol. The Bertz CT molecular complexity index is 709. The van der Waals surface area contributed by atoms with Crippen molar-refractivity contribution < 1.29 is 14.7 Å². The van der Waals surface area contributed by atoms with E-state index in [4.69, 9.17) is 16.7 Å². The van der Waals surface area contributed by atoms with Gasteiger partial charge in [-0.3, -0.25) is 4.79 Å².